The van der Waals surface area contributed by atoms with Crippen LogP contribution in [0.2, 0.25) is 20.6 Å². The molecule has 0 bridgehead atoms. The molecule has 0 aliphatic carbocycles. The summed E-state index contributed by atoms with van der Waals surface area (Å²) in [6, 6.07) is 36.0. The van der Waals surface area contributed by atoms with Crippen molar-refractivity contribution in [2.45, 2.75) is 521 Å². The normalized spacial score (nSPS) is 12.9. The van der Waals surface area contributed by atoms with Gasteiger partial charge in [-0.2, -0.15) is 0 Å². The molecule has 4 aromatic carbocycles. The molecule has 0 unspecified atom stereocenters. The second kappa shape index (κ2) is 77.7. The maximum absolute atomic E-state index is 12.0. The van der Waals surface area contributed by atoms with E-state index in [1.807, 2.05) is 14.4 Å². The van der Waals surface area contributed by atoms with Gasteiger partial charge in [0, 0.05) is 44.5 Å². The zero-order valence-electron chi connectivity index (χ0n) is 80.4. The Morgan fingerprint density at radius 3 is 0.647 bits per heavy atom. The van der Waals surface area contributed by atoms with E-state index in [-0.39, 0.29) is 0 Å². The molecular formula is C113H190N4NiPd. The first-order valence-electron chi connectivity index (χ1n) is 51.8. The van der Waals surface area contributed by atoms with E-state index in [9.17, 15) is 11.1 Å². The van der Waals surface area contributed by atoms with Crippen LogP contribution in [0.25, 0.3) is 33.9 Å². The second-order valence-electron chi connectivity index (χ2n) is 35.6. The Kier molecular flexibility index (Phi) is 71.4. The first-order chi connectivity index (χ1) is 58.6. The molecule has 2 aliphatic heterocycles. The Bertz CT molecular complexity index is 3220. The fourth-order valence-corrected chi connectivity index (χ4v) is 20.4. The summed E-state index contributed by atoms with van der Waals surface area (Å²) in [5.74, 6) is 0. The summed E-state index contributed by atoms with van der Waals surface area (Å²) in [6.45, 7) is 27.3. The average molecular weight is 1770 g/mol. The molecule has 0 spiro atoms. The molecule has 0 radical (unpaired) electrons. The van der Waals surface area contributed by atoms with Crippen LogP contribution in [0.4, 0.5) is 0 Å². The van der Waals surface area contributed by atoms with Crippen molar-refractivity contribution in [3.8, 4) is 0 Å². The molecule has 682 valence electrons. The van der Waals surface area contributed by atoms with E-state index < -0.39 is 0 Å². The second-order valence-corrected chi connectivity index (χ2v) is 39.4. The van der Waals surface area contributed by atoms with Gasteiger partial charge in [-0.15, -0.1) is 0 Å². The quantitative estimate of drug-likeness (QED) is 0.0240. The summed E-state index contributed by atoms with van der Waals surface area (Å²) in [5, 5.41) is 2.87. The monoisotopic (exact) mass is 1770 g/mol. The molecular weight excluding hydrogens is 1580 g/mol. The molecule has 0 fully saturated rings. The van der Waals surface area contributed by atoms with E-state index in [1.165, 1.54) is 417 Å². The van der Waals surface area contributed by atoms with Crippen LogP contribution in [0.3, 0.4) is 0 Å². The summed E-state index contributed by atoms with van der Waals surface area (Å²) in [4.78, 5) is 3.01. The Morgan fingerprint density at radius 1 is 0.210 bits per heavy atom. The minimum atomic E-state index is 1.02. The van der Waals surface area contributed by atoms with E-state index in [4.69, 9.17) is 0 Å². The molecule has 6 rings (SSSR count). The SMILES string of the molecule is CCCCCCCCC1=C(c2cccc(CCCC)c2)[N+](=[N-])C(c2cccc(CCCC)c2)=C1CCCC.CCCCCCCCCCCCC[CH2][Ni][CH2]CCCCCCCCCCCCC.CCCCCCCCc1cccc(C2=C(CCCC)C(CCCCC)=C(c3cccc(CCCCCCCC)c3)[N+]2=[N-])c1.CCC[CH2][Pd][CH2]CCC. The van der Waals surface area contributed by atoms with Gasteiger partial charge in [0.2, 0.25) is 22.8 Å². The Labute approximate surface area is 754 Å². The molecule has 0 saturated heterocycles. The van der Waals surface area contributed by atoms with Crippen molar-refractivity contribution in [2.75, 3.05) is 0 Å². The van der Waals surface area contributed by atoms with Crippen LogP contribution in [0.5, 0.6) is 0 Å². The molecule has 0 amide bonds. The number of hydrogen-bond donors (Lipinski definition) is 0. The molecule has 2 aliphatic rings. The van der Waals surface area contributed by atoms with E-state index in [2.05, 4.69) is 180 Å². The first kappa shape index (κ1) is 109. The van der Waals surface area contributed by atoms with E-state index >= 15 is 0 Å². The predicted octanol–water partition coefficient (Wildman–Crippen LogP) is 39.7. The number of rotatable bonds is 73. The number of benzene rings is 4. The van der Waals surface area contributed by atoms with Gasteiger partial charge in [-0.3, -0.25) is 0 Å². The third-order valence-electron chi connectivity index (χ3n) is 24.5. The van der Waals surface area contributed by atoms with Crippen molar-refractivity contribution >= 4 is 22.8 Å². The number of aryl methyl sites for hydroxylation is 4. The van der Waals surface area contributed by atoms with Gasteiger partial charge < -0.3 is 11.1 Å². The van der Waals surface area contributed by atoms with Gasteiger partial charge >= 0.3 is 234 Å². The van der Waals surface area contributed by atoms with Crippen molar-refractivity contribution in [2.24, 2.45) is 0 Å². The van der Waals surface area contributed by atoms with Gasteiger partial charge in [0.25, 0.3) is 0 Å². The summed E-state index contributed by atoms with van der Waals surface area (Å²) < 4.78 is 3.15. The summed E-state index contributed by atoms with van der Waals surface area (Å²) in [6.07, 6.45) is 86.0. The van der Waals surface area contributed by atoms with Crippen molar-refractivity contribution < 1.29 is 41.8 Å². The average Bonchev–Trinajstić information content (AvgIpc) is 1.61. The van der Waals surface area contributed by atoms with E-state index in [0.717, 1.165) is 129 Å². The van der Waals surface area contributed by atoms with E-state index in [1.54, 1.807) is 9.39 Å². The molecule has 0 atom stereocenters. The van der Waals surface area contributed by atoms with Crippen molar-refractivity contribution in [3.05, 3.63) is 175 Å². The third kappa shape index (κ3) is 50.2. The van der Waals surface area contributed by atoms with Crippen LogP contribution >= 0.6 is 0 Å². The van der Waals surface area contributed by atoms with Crippen LogP contribution < -0.4 is 0 Å². The van der Waals surface area contributed by atoms with Gasteiger partial charge in [-0.1, -0.05) is 265 Å². The molecule has 0 aromatic heterocycles. The minimum absolute atomic E-state index is 1.02. The molecule has 0 saturated carbocycles. The molecule has 4 aromatic rings. The number of allylic oxidation sites excluding steroid dienone is 4. The van der Waals surface area contributed by atoms with Crippen LogP contribution in [-0.2, 0) is 58.1 Å². The molecule has 6 heteroatoms. The molecule has 2 heterocycles. The van der Waals surface area contributed by atoms with Crippen LogP contribution in [0, 0.1) is 0 Å². The van der Waals surface area contributed by atoms with Gasteiger partial charge in [0.15, 0.2) is 0 Å². The van der Waals surface area contributed by atoms with Crippen LogP contribution in [0.15, 0.2) is 119 Å². The maximum atomic E-state index is 12.0. The zero-order valence-corrected chi connectivity index (χ0v) is 83.0. The van der Waals surface area contributed by atoms with Crippen LogP contribution in [0.1, 0.15) is 519 Å². The van der Waals surface area contributed by atoms with E-state index in [0.29, 0.717) is 0 Å². The zero-order chi connectivity index (χ0) is 85.9. The topological polar surface area (TPSA) is 50.6 Å². The van der Waals surface area contributed by atoms with Crippen LogP contribution in [-0.4, -0.2) is 9.39 Å². The van der Waals surface area contributed by atoms with Gasteiger partial charge in [-0.05, 0) is 174 Å². The predicted molar refractivity (Wildman–Crippen MR) is 524 cm³/mol. The number of hydrogen-bond acceptors (Lipinski definition) is 0. The summed E-state index contributed by atoms with van der Waals surface area (Å²) in [7, 11) is 0. The Balaban J connectivity index is 0.000000445. The standard InChI is InChI=1S/C41H62N2.C36H52N2.2C14H29.2C4H9.Ni.Pd/c1-5-9-13-15-17-20-24-34-26-22-28-36(32-34)40-38(30-12-8-4)39(31-19-11-7-3)41(43(40)42)37-29-23-27-35(33-37)25-21-18-16-14-10-6-2;1-5-9-13-14-15-16-26-34-33(25-12-8-4)35(31-23-17-21-29(27-31)19-10-6-2)38(37)36(34)32-24-18-22-30(28-32)20-11-7-3;2*1-3-5-7-9-11-13-14-12-10-8-6-4-2;2*1-3-4-2;;/h22-23,26-29,32-33H,5-21,24-25,30-31H2,1-4H3;17-18,21-24,27-28H,5-16,19-20,25-26H2,1-4H3;2*1,3-14H2,2H3;2*1,3-4H2,2H3;;. The Hall–Kier alpha value is -3.80. The van der Waals surface area contributed by atoms with Crippen molar-refractivity contribution in [1.82, 2.24) is 0 Å². The molecule has 119 heavy (non-hydrogen) atoms. The first-order valence-corrected chi connectivity index (χ1v) is 55.4. The van der Waals surface area contributed by atoms with Crippen molar-refractivity contribution in [3.63, 3.8) is 0 Å². The van der Waals surface area contributed by atoms with Gasteiger partial charge in [-0.25, -0.2) is 9.39 Å². The van der Waals surface area contributed by atoms with Crippen molar-refractivity contribution in [1.29, 1.82) is 0 Å². The number of nitrogens with zero attached hydrogens (tertiary/aromatic N) is 4. The van der Waals surface area contributed by atoms with Gasteiger partial charge in [0.1, 0.15) is 0 Å². The fraction of sp³-hybridized carbons (Fsp3) is 0.717. The number of unbranched alkanes of at least 4 members (excludes halogenated alkanes) is 45. The summed E-state index contributed by atoms with van der Waals surface area (Å²) in [5.41, 5.74) is 43.7. The van der Waals surface area contributed by atoms with Gasteiger partial charge in [0.05, 0.1) is 0 Å². The fourth-order valence-electron chi connectivity index (χ4n) is 16.9. The third-order valence-corrected chi connectivity index (χ3v) is 28.1. The molecule has 0 N–H and O–H groups in total. The summed E-state index contributed by atoms with van der Waals surface area (Å²) >= 11 is 3.11. The molecule has 4 nitrogen and oxygen atoms in total. The Morgan fingerprint density at radius 2 is 0.395 bits per heavy atom.